The Morgan fingerprint density at radius 1 is 0.971 bits per heavy atom. The molecular formula is C25H24N4O5. The SMILES string of the molecule is CCOC(=O)c1ccc(NC(=O)Cn2ccn3nc(-c4ccc(OCC)cc4)cc3c2=O)cc1. The van der Waals surface area contributed by atoms with Crippen LogP contribution in [0.25, 0.3) is 16.8 Å². The third-order valence-electron chi connectivity index (χ3n) is 5.06. The van der Waals surface area contributed by atoms with Gasteiger partial charge in [-0.05, 0) is 68.4 Å². The minimum atomic E-state index is -0.425. The summed E-state index contributed by atoms with van der Waals surface area (Å²) in [5, 5.41) is 7.19. The van der Waals surface area contributed by atoms with Crippen molar-refractivity contribution >= 4 is 23.1 Å². The molecule has 0 radical (unpaired) electrons. The van der Waals surface area contributed by atoms with Gasteiger partial charge in [0.1, 0.15) is 17.8 Å². The number of carbonyl (C=O) groups is 2. The summed E-state index contributed by atoms with van der Waals surface area (Å²) in [5.74, 6) is -0.0360. The van der Waals surface area contributed by atoms with Crippen LogP contribution in [0.5, 0.6) is 5.75 Å². The molecule has 9 nitrogen and oxygen atoms in total. The van der Waals surface area contributed by atoms with Gasteiger partial charge >= 0.3 is 5.97 Å². The molecule has 0 aliphatic carbocycles. The van der Waals surface area contributed by atoms with Crippen molar-refractivity contribution in [2.45, 2.75) is 20.4 Å². The zero-order valence-corrected chi connectivity index (χ0v) is 18.9. The number of carbonyl (C=O) groups excluding carboxylic acids is 2. The van der Waals surface area contributed by atoms with E-state index < -0.39 is 5.97 Å². The number of fused-ring (bicyclic) bond motifs is 1. The molecule has 1 amide bonds. The van der Waals surface area contributed by atoms with Crippen LogP contribution in [0.1, 0.15) is 24.2 Å². The van der Waals surface area contributed by atoms with E-state index in [0.717, 1.165) is 11.3 Å². The largest absolute Gasteiger partial charge is 0.494 e. The van der Waals surface area contributed by atoms with Gasteiger partial charge in [-0.1, -0.05) is 0 Å². The van der Waals surface area contributed by atoms with E-state index >= 15 is 0 Å². The van der Waals surface area contributed by atoms with Crippen molar-refractivity contribution < 1.29 is 19.1 Å². The summed E-state index contributed by atoms with van der Waals surface area (Å²) < 4.78 is 13.2. The molecule has 0 bridgehead atoms. The number of rotatable bonds is 8. The van der Waals surface area contributed by atoms with Crippen LogP contribution >= 0.6 is 0 Å². The maximum atomic E-state index is 12.9. The topological polar surface area (TPSA) is 104 Å². The first-order valence-electron chi connectivity index (χ1n) is 10.9. The van der Waals surface area contributed by atoms with Crippen LogP contribution in [0.2, 0.25) is 0 Å². The molecule has 174 valence electrons. The molecule has 4 rings (SSSR count). The predicted molar refractivity (Wildman–Crippen MR) is 127 cm³/mol. The van der Waals surface area contributed by atoms with Crippen LogP contribution < -0.4 is 15.6 Å². The smallest absolute Gasteiger partial charge is 0.338 e. The van der Waals surface area contributed by atoms with E-state index in [0.29, 0.717) is 29.1 Å². The molecule has 1 N–H and O–H groups in total. The Balaban J connectivity index is 1.48. The van der Waals surface area contributed by atoms with Gasteiger partial charge in [0.2, 0.25) is 5.91 Å². The van der Waals surface area contributed by atoms with Crippen LogP contribution in [0, 0.1) is 0 Å². The maximum absolute atomic E-state index is 12.9. The highest BCUT2D eigenvalue weighted by atomic mass is 16.5. The lowest BCUT2D eigenvalue weighted by Crippen LogP contribution is -2.28. The lowest BCUT2D eigenvalue weighted by atomic mass is 10.1. The first-order valence-corrected chi connectivity index (χ1v) is 10.9. The van der Waals surface area contributed by atoms with E-state index in [-0.39, 0.29) is 24.6 Å². The first-order chi connectivity index (χ1) is 16.5. The Kier molecular flexibility index (Phi) is 6.72. The van der Waals surface area contributed by atoms with Crippen molar-refractivity contribution in [1.29, 1.82) is 0 Å². The van der Waals surface area contributed by atoms with Gasteiger partial charge in [0.15, 0.2) is 0 Å². The van der Waals surface area contributed by atoms with Crippen molar-refractivity contribution in [3.05, 3.63) is 82.9 Å². The second kappa shape index (κ2) is 10.0. The van der Waals surface area contributed by atoms with Crippen molar-refractivity contribution in [3.8, 4) is 17.0 Å². The number of aromatic nitrogens is 3. The fourth-order valence-electron chi connectivity index (χ4n) is 3.44. The summed E-state index contributed by atoms with van der Waals surface area (Å²) in [7, 11) is 0. The lowest BCUT2D eigenvalue weighted by molar-refractivity contribution is -0.116. The summed E-state index contributed by atoms with van der Waals surface area (Å²) in [6, 6.07) is 15.5. The molecule has 4 aromatic rings. The van der Waals surface area contributed by atoms with E-state index in [2.05, 4.69) is 10.4 Å². The molecule has 0 aliphatic rings. The van der Waals surface area contributed by atoms with Crippen molar-refractivity contribution in [2.24, 2.45) is 0 Å². The van der Waals surface area contributed by atoms with E-state index in [4.69, 9.17) is 9.47 Å². The van der Waals surface area contributed by atoms with Gasteiger partial charge in [0, 0.05) is 23.6 Å². The van der Waals surface area contributed by atoms with E-state index in [1.54, 1.807) is 43.5 Å². The normalized spacial score (nSPS) is 10.8. The highest BCUT2D eigenvalue weighted by molar-refractivity contribution is 5.93. The van der Waals surface area contributed by atoms with E-state index in [1.807, 2.05) is 31.2 Å². The molecule has 0 saturated heterocycles. The molecule has 0 spiro atoms. The number of nitrogens with one attached hydrogen (secondary N) is 1. The monoisotopic (exact) mass is 460 g/mol. The standard InChI is InChI=1S/C25H24N4O5/c1-3-33-20-11-7-17(8-12-20)21-15-22-24(31)28(13-14-29(22)27-21)16-23(30)26-19-9-5-18(6-10-19)25(32)34-4-2/h5-15H,3-4,16H2,1-2H3,(H,26,30). The van der Waals surface area contributed by atoms with Gasteiger partial charge < -0.3 is 19.4 Å². The van der Waals surface area contributed by atoms with Gasteiger partial charge in [0.25, 0.3) is 5.56 Å². The Morgan fingerprint density at radius 2 is 1.71 bits per heavy atom. The average Bonchev–Trinajstić information content (AvgIpc) is 3.27. The number of nitrogens with zero attached hydrogens (tertiary/aromatic N) is 3. The lowest BCUT2D eigenvalue weighted by Gasteiger charge is -2.08. The summed E-state index contributed by atoms with van der Waals surface area (Å²) in [5.41, 5.74) is 2.42. The van der Waals surface area contributed by atoms with Gasteiger partial charge in [0.05, 0.1) is 24.5 Å². The second-order valence-electron chi connectivity index (χ2n) is 7.39. The van der Waals surface area contributed by atoms with Crippen molar-refractivity contribution in [1.82, 2.24) is 14.2 Å². The average molecular weight is 460 g/mol. The van der Waals surface area contributed by atoms with E-state index in [9.17, 15) is 14.4 Å². The van der Waals surface area contributed by atoms with E-state index in [1.165, 1.54) is 15.3 Å². The quantitative estimate of drug-likeness (QED) is 0.404. The fourth-order valence-corrected chi connectivity index (χ4v) is 3.44. The second-order valence-corrected chi connectivity index (χ2v) is 7.39. The van der Waals surface area contributed by atoms with Gasteiger partial charge in [-0.3, -0.25) is 9.59 Å². The zero-order valence-electron chi connectivity index (χ0n) is 18.9. The highest BCUT2D eigenvalue weighted by Gasteiger charge is 2.12. The third kappa shape index (κ3) is 4.98. The van der Waals surface area contributed by atoms with Crippen LogP contribution in [0.4, 0.5) is 5.69 Å². The third-order valence-corrected chi connectivity index (χ3v) is 5.06. The van der Waals surface area contributed by atoms with Gasteiger partial charge in [-0.15, -0.1) is 0 Å². The molecule has 0 aliphatic heterocycles. The Bertz CT molecular complexity index is 1370. The summed E-state index contributed by atoms with van der Waals surface area (Å²) in [6.45, 7) is 4.35. The first kappa shape index (κ1) is 22.8. The summed E-state index contributed by atoms with van der Waals surface area (Å²) in [4.78, 5) is 37.2. The van der Waals surface area contributed by atoms with Crippen LogP contribution in [0.3, 0.4) is 0 Å². The van der Waals surface area contributed by atoms with Crippen LogP contribution in [0.15, 0.2) is 71.8 Å². The summed E-state index contributed by atoms with van der Waals surface area (Å²) >= 11 is 0. The maximum Gasteiger partial charge on any atom is 0.338 e. The predicted octanol–water partition coefficient (Wildman–Crippen LogP) is 3.38. The Labute approximate surface area is 195 Å². The Morgan fingerprint density at radius 3 is 2.38 bits per heavy atom. The molecule has 0 unspecified atom stereocenters. The molecule has 0 saturated carbocycles. The fraction of sp³-hybridized carbons (Fsp3) is 0.200. The molecule has 2 heterocycles. The molecule has 0 fully saturated rings. The molecule has 2 aromatic heterocycles. The minimum absolute atomic E-state index is 0.168. The molecule has 0 atom stereocenters. The minimum Gasteiger partial charge on any atom is -0.494 e. The Hall–Kier alpha value is -4.40. The van der Waals surface area contributed by atoms with Crippen molar-refractivity contribution in [3.63, 3.8) is 0 Å². The number of amides is 1. The number of ether oxygens (including phenoxy) is 2. The van der Waals surface area contributed by atoms with Crippen molar-refractivity contribution in [2.75, 3.05) is 18.5 Å². The molecular weight excluding hydrogens is 436 g/mol. The van der Waals surface area contributed by atoms with Gasteiger partial charge in [-0.25, -0.2) is 9.31 Å². The number of benzene rings is 2. The molecule has 2 aromatic carbocycles. The highest BCUT2D eigenvalue weighted by Crippen LogP contribution is 2.22. The number of anilines is 1. The molecule has 34 heavy (non-hydrogen) atoms. The molecule has 9 heteroatoms. The number of esters is 1. The number of hydrogen-bond donors (Lipinski definition) is 1. The zero-order chi connectivity index (χ0) is 24.1. The summed E-state index contributed by atoms with van der Waals surface area (Å²) in [6.07, 6.45) is 3.16. The van der Waals surface area contributed by atoms with Crippen LogP contribution in [-0.2, 0) is 16.1 Å². The van der Waals surface area contributed by atoms with Crippen LogP contribution in [-0.4, -0.2) is 39.3 Å². The van der Waals surface area contributed by atoms with Gasteiger partial charge in [-0.2, -0.15) is 5.10 Å². The number of hydrogen-bond acceptors (Lipinski definition) is 6.